The molecule has 0 heterocycles. The standard InChI is InChI=1S/2C12H19.Zr/c2*1-5-8-12(3,4)11-7-6-10(2)9-11;/h2*6-7,9H,5,8H2,1-4H3;. The fraction of sp³-hybridized carbons (Fsp3) is 0.667. The van der Waals surface area contributed by atoms with E-state index in [0.29, 0.717) is 17.1 Å². The van der Waals surface area contributed by atoms with Crippen molar-refractivity contribution in [2.75, 3.05) is 0 Å². The number of hydrogen-bond acceptors (Lipinski definition) is 0. The summed E-state index contributed by atoms with van der Waals surface area (Å²) in [6.45, 7) is 19.2. The van der Waals surface area contributed by atoms with Gasteiger partial charge in [-0.2, -0.15) is 0 Å². The predicted octanol–water partition coefficient (Wildman–Crippen LogP) is 8.07. The molecule has 0 spiro atoms. The third-order valence-corrected chi connectivity index (χ3v) is 10.2. The molecule has 0 bridgehead atoms. The molecule has 0 radical (unpaired) electrons. The van der Waals surface area contributed by atoms with Gasteiger partial charge in [-0.25, -0.2) is 0 Å². The Labute approximate surface area is 168 Å². The molecular formula is C24H38Zr. The van der Waals surface area contributed by atoms with Gasteiger partial charge in [-0.15, -0.1) is 0 Å². The predicted molar refractivity (Wildman–Crippen MR) is 109 cm³/mol. The van der Waals surface area contributed by atoms with Crippen LogP contribution in [0, 0.1) is 10.8 Å². The Kier molecular flexibility index (Phi) is 6.31. The minimum absolute atomic E-state index is 0.318. The van der Waals surface area contributed by atoms with E-state index in [1.807, 2.05) is 0 Å². The summed E-state index contributed by atoms with van der Waals surface area (Å²) < 4.78 is 0.674. The Hall–Kier alpha value is -0.157. The van der Waals surface area contributed by atoms with Gasteiger partial charge in [0.2, 0.25) is 0 Å². The molecule has 2 rings (SSSR count). The molecule has 0 saturated carbocycles. The molecule has 0 fully saturated rings. The molecule has 0 aromatic heterocycles. The van der Waals surface area contributed by atoms with Gasteiger partial charge in [0.05, 0.1) is 0 Å². The zero-order valence-corrected chi connectivity index (χ0v) is 20.3. The van der Waals surface area contributed by atoms with Gasteiger partial charge in [0.15, 0.2) is 0 Å². The summed E-state index contributed by atoms with van der Waals surface area (Å²) in [5.74, 6) is 0. The first-order chi connectivity index (χ1) is 11.5. The molecule has 25 heavy (non-hydrogen) atoms. The zero-order valence-electron chi connectivity index (χ0n) is 17.8. The molecule has 1 heteroatoms. The summed E-state index contributed by atoms with van der Waals surface area (Å²) in [4.78, 5) is 0. The first-order valence-electron chi connectivity index (χ1n) is 10.1. The van der Waals surface area contributed by atoms with Gasteiger partial charge in [-0.1, -0.05) is 0 Å². The van der Waals surface area contributed by atoms with E-state index in [9.17, 15) is 0 Å². The van der Waals surface area contributed by atoms with E-state index in [-0.39, 0.29) is 0 Å². The summed E-state index contributed by atoms with van der Waals surface area (Å²) in [6.07, 6.45) is 20.2. The van der Waals surface area contributed by atoms with Crippen molar-refractivity contribution in [2.24, 2.45) is 10.8 Å². The Balaban J connectivity index is 2.18. The topological polar surface area (TPSA) is 0 Å². The van der Waals surface area contributed by atoms with Crippen molar-refractivity contribution >= 4 is 0 Å². The van der Waals surface area contributed by atoms with Crippen LogP contribution in [-0.2, 0) is 23.2 Å². The van der Waals surface area contributed by atoms with Gasteiger partial charge < -0.3 is 0 Å². The van der Waals surface area contributed by atoms with Crippen molar-refractivity contribution in [3.8, 4) is 0 Å². The van der Waals surface area contributed by atoms with Gasteiger partial charge in [0.1, 0.15) is 0 Å². The van der Waals surface area contributed by atoms with Crippen molar-refractivity contribution in [1.82, 2.24) is 0 Å². The number of allylic oxidation sites excluding steroid dienone is 8. The third-order valence-electron chi connectivity index (χ3n) is 5.98. The van der Waals surface area contributed by atoms with Gasteiger partial charge in [-0.05, 0) is 0 Å². The molecule has 138 valence electrons. The van der Waals surface area contributed by atoms with Crippen LogP contribution in [0.4, 0.5) is 0 Å². The molecule has 0 amide bonds. The molecule has 0 saturated heterocycles. The maximum atomic E-state index is 2.62. The second kappa shape index (κ2) is 7.46. The third kappa shape index (κ3) is 4.97. The van der Waals surface area contributed by atoms with E-state index in [1.165, 1.54) is 25.7 Å². The van der Waals surface area contributed by atoms with Crippen LogP contribution >= 0.6 is 0 Å². The Bertz CT molecular complexity index is 560. The fourth-order valence-corrected chi connectivity index (χ4v) is 9.27. The van der Waals surface area contributed by atoms with Crippen LogP contribution in [0.15, 0.2) is 47.6 Å². The Morgan fingerprint density at radius 3 is 1.44 bits per heavy atom. The summed E-state index contributed by atoms with van der Waals surface area (Å²) in [5, 5.41) is 0. The fourth-order valence-electron chi connectivity index (χ4n) is 4.48. The second-order valence-corrected chi connectivity index (χ2v) is 15.7. The zero-order chi connectivity index (χ0) is 18.9. The molecular weight excluding hydrogens is 379 g/mol. The molecule has 2 unspecified atom stereocenters. The molecule has 0 aliphatic heterocycles. The molecule has 0 nitrogen and oxygen atoms in total. The van der Waals surface area contributed by atoms with Crippen molar-refractivity contribution in [1.29, 1.82) is 0 Å². The van der Waals surface area contributed by atoms with E-state index < -0.39 is 23.2 Å². The van der Waals surface area contributed by atoms with E-state index >= 15 is 0 Å². The first-order valence-corrected chi connectivity index (χ1v) is 12.6. The van der Waals surface area contributed by atoms with Gasteiger partial charge in [-0.3, -0.25) is 0 Å². The van der Waals surface area contributed by atoms with Crippen molar-refractivity contribution in [3.63, 3.8) is 0 Å². The molecule has 0 N–H and O–H groups in total. The molecule has 2 atom stereocenters. The Morgan fingerprint density at radius 2 is 1.12 bits per heavy atom. The van der Waals surface area contributed by atoms with Gasteiger partial charge in [0.25, 0.3) is 0 Å². The number of hydrogen-bond donors (Lipinski definition) is 0. The van der Waals surface area contributed by atoms with Crippen LogP contribution in [0.2, 0.25) is 6.25 Å². The normalized spacial score (nSPS) is 29.1. The quantitative estimate of drug-likeness (QED) is 0.374. The molecule has 0 aromatic carbocycles. The number of rotatable bonds is 8. The monoisotopic (exact) mass is 416 g/mol. The van der Waals surface area contributed by atoms with Gasteiger partial charge in [0, 0.05) is 0 Å². The van der Waals surface area contributed by atoms with E-state index in [2.05, 4.69) is 91.8 Å². The molecule has 0 aromatic rings. The van der Waals surface area contributed by atoms with Crippen molar-refractivity contribution < 1.29 is 23.2 Å². The van der Waals surface area contributed by atoms with E-state index in [1.54, 1.807) is 11.1 Å². The summed E-state index contributed by atoms with van der Waals surface area (Å²) in [5.41, 5.74) is 3.77. The van der Waals surface area contributed by atoms with Crippen LogP contribution < -0.4 is 0 Å². The second-order valence-electron chi connectivity index (χ2n) is 9.82. The van der Waals surface area contributed by atoms with E-state index in [0.717, 1.165) is 0 Å². The summed E-state index contributed by atoms with van der Waals surface area (Å²) in [6, 6.07) is 0. The average Bonchev–Trinajstić information content (AvgIpc) is 3.03. The summed E-state index contributed by atoms with van der Waals surface area (Å²) in [7, 11) is 0. The van der Waals surface area contributed by atoms with Crippen LogP contribution in [-0.4, -0.2) is 0 Å². The van der Waals surface area contributed by atoms with E-state index in [4.69, 9.17) is 0 Å². The Morgan fingerprint density at radius 1 is 0.760 bits per heavy atom. The maximum absolute atomic E-state index is 2.62. The summed E-state index contributed by atoms with van der Waals surface area (Å²) >= 11 is -0.703. The average molecular weight is 418 g/mol. The SMILES string of the molecule is CCCC(C)(C)C1=C[C](C)([Zr][C]2(C)C=CC(C(C)(C)CCC)=C2)C=C1. The van der Waals surface area contributed by atoms with Crippen molar-refractivity contribution in [3.05, 3.63) is 47.6 Å². The van der Waals surface area contributed by atoms with Crippen molar-refractivity contribution in [2.45, 2.75) is 87.3 Å². The van der Waals surface area contributed by atoms with Gasteiger partial charge >= 0.3 is 169 Å². The molecule has 2 aliphatic carbocycles. The molecule has 2 aliphatic rings. The van der Waals surface area contributed by atoms with Crippen LogP contribution in [0.3, 0.4) is 0 Å². The van der Waals surface area contributed by atoms with Crippen LogP contribution in [0.25, 0.3) is 0 Å². The van der Waals surface area contributed by atoms with Crippen LogP contribution in [0.5, 0.6) is 0 Å². The minimum atomic E-state index is -0.703. The van der Waals surface area contributed by atoms with Crippen LogP contribution in [0.1, 0.15) is 81.1 Å². The first kappa shape index (κ1) is 21.1.